The van der Waals surface area contributed by atoms with Crippen LogP contribution >= 0.6 is 0 Å². The number of nitrogen functional groups attached to an aromatic ring is 1. The molecule has 1 heterocycles. The normalized spacial score (nSPS) is 18.8. The third-order valence-electron chi connectivity index (χ3n) is 2.43. The van der Waals surface area contributed by atoms with E-state index >= 15 is 0 Å². The van der Waals surface area contributed by atoms with Crippen LogP contribution in [0.25, 0.3) is 0 Å². The van der Waals surface area contributed by atoms with Crippen molar-refractivity contribution >= 4 is 5.95 Å². The van der Waals surface area contributed by atoms with E-state index in [-0.39, 0.29) is 0 Å². The Morgan fingerprint density at radius 1 is 1.42 bits per heavy atom. The van der Waals surface area contributed by atoms with E-state index in [0.29, 0.717) is 12.0 Å². The summed E-state index contributed by atoms with van der Waals surface area (Å²) in [4.78, 5) is 4.09. The lowest BCUT2D eigenvalue weighted by Crippen LogP contribution is -2.10. The van der Waals surface area contributed by atoms with Gasteiger partial charge < -0.3 is 5.73 Å². The topological polar surface area (TPSA) is 56.7 Å². The summed E-state index contributed by atoms with van der Waals surface area (Å²) in [6.45, 7) is 1.88. The standard InChI is InChI=1S/C8H14N4/c1-6-10-8(9)12(11-6)7-4-2-3-5-7/h7H,2-5H2,1H3,(H2,9,10,11). The molecule has 0 radical (unpaired) electrons. The zero-order valence-electron chi connectivity index (χ0n) is 7.32. The molecule has 1 saturated carbocycles. The van der Waals surface area contributed by atoms with E-state index in [9.17, 15) is 0 Å². The van der Waals surface area contributed by atoms with Crippen molar-refractivity contribution in [3.8, 4) is 0 Å². The van der Waals surface area contributed by atoms with Crippen LogP contribution in [0.1, 0.15) is 37.5 Å². The van der Waals surface area contributed by atoms with Crippen LogP contribution < -0.4 is 5.73 Å². The Balaban J connectivity index is 2.25. The Morgan fingerprint density at radius 3 is 2.58 bits per heavy atom. The molecule has 1 fully saturated rings. The molecule has 1 aliphatic rings. The zero-order valence-corrected chi connectivity index (χ0v) is 7.32. The lowest BCUT2D eigenvalue weighted by Gasteiger charge is -2.09. The molecule has 0 spiro atoms. The van der Waals surface area contributed by atoms with Crippen LogP contribution in [0.2, 0.25) is 0 Å². The molecule has 2 N–H and O–H groups in total. The number of aryl methyl sites for hydroxylation is 1. The van der Waals surface area contributed by atoms with Crippen LogP contribution in [0.4, 0.5) is 5.95 Å². The second kappa shape index (κ2) is 2.77. The molecule has 0 unspecified atom stereocenters. The van der Waals surface area contributed by atoms with Gasteiger partial charge in [-0.05, 0) is 19.8 Å². The van der Waals surface area contributed by atoms with Crippen LogP contribution in [0.15, 0.2) is 0 Å². The van der Waals surface area contributed by atoms with Gasteiger partial charge in [0.2, 0.25) is 5.95 Å². The fourth-order valence-electron chi connectivity index (χ4n) is 1.86. The summed E-state index contributed by atoms with van der Waals surface area (Å²) in [6.07, 6.45) is 4.99. The first-order valence-corrected chi connectivity index (χ1v) is 4.46. The first kappa shape index (κ1) is 7.58. The summed E-state index contributed by atoms with van der Waals surface area (Å²) in [7, 11) is 0. The molecule has 0 saturated heterocycles. The maximum Gasteiger partial charge on any atom is 0.218 e. The van der Waals surface area contributed by atoms with E-state index in [1.165, 1.54) is 25.7 Å². The lowest BCUT2D eigenvalue weighted by atomic mass is 10.3. The van der Waals surface area contributed by atoms with Crippen molar-refractivity contribution < 1.29 is 0 Å². The van der Waals surface area contributed by atoms with Gasteiger partial charge in [-0.25, -0.2) is 4.68 Å². The fraction of sp³-hybridized carbons (Fsp3) is 0.750. The summed E-state index contributed by atoms with van der Waals surface area (Å²) in [6, 6.07) is 0.506. The predicted molar refractivity (Wildman–Crippen MR) is 46.7 cm³/mol. The van der Waals surface area contributed by atoms with Gasteiger partial charge in [-0.3, -0.25) is 0 Å². The number of aromatic nitrogens is 3. The average Bonchev–Trinajstić information content (AvgIpc) is 2.58. The minimum atomic E-state index is 0.506. The molecule has 1 aromatic heterocycles. The van der Waals surface area contributed by atoms with Gasteiger partial charge in [0.1, 0.15) is 5.82 Å². The molecule has 1 aromatic rings. The van der Waals surface area contributed by atoms with Crippen molar-refractivity contribution in [1.82, 2.24) is 14.8 Å². The molecule has 0 aromatic carbocycles. The van der Waals surface area contributed by atoms with Crippen LogP contribution in [0, 0.1) is 6.92 Å². The minimum absolute atomic E-state index is 0.506. The van der Waals surface area contributed by atoms with Gasteiger partial charge in [0, 0.05) is 0 Å². The van der Waals surface area contributed by atoms with Crippen LogP contribution in [-0.2, 0) is 0 Å². The summed E-state index contributed by atoms with van der Waals surface area (Å²) in [5.74, 6) is 1.35. The van der Waals surface area contributed by atoms with Crippen molar-refractivity contribution in [3.63, 3.8) is 0 Å². The molecule has 0 amide bonds. The number of nitrogens with zero attached hydrogens (tertiary/aromatic N) is 3. The van der Waals surface area contributed by atoms with E-state index < -0.39 is 0 Å². The summed E-state index contributed by atoms with van der Waals surface area (Å²) in [5, 5.41) is 4.27. The molecule has 66 valence electrons. The molecular formula is C8H14N4. The first-order chi connectivity index (χ1) is 5.77. The van der Waals surface area contributed by atoms with E-state index in [4.69, 9.17) is 5.73 Å². The summed E-state index contributed by atoms with van der Waals surface area (Å²) in [5.41, 5.74) is 5.71. The van der Waals surface area contributed by atoms with Crippen molar-refractivity contribution in [2.45, 2.75) is 38.6 Å². The Kier molecular flexibility index (Phi) is 1.75. The molecule has 0 aliphatic heterocycles. The molecule has 0 bridgehead atoms. The number of hydrogen-bond acceptors (Lipinski definition) is 3. The highest BCUT2D eigenvalue weighted by Crippen LogP contribution is 2.29. The SMILES string of the molecule is Cc1nc(N)n(C2CCCC2)n1. The van der Waals surface area contributed by atoms with Gasteiger partial charge in [0.15, 0.2) is 0 Å². The highest BCUT2D eigenvalue weighted by atomic mass is 15.4. The second-order valence-electron chi connectivity index (χ2n) is 3.40. The molecule has 12 heavy (non-hydrogen) atoms. The van der Waals surface area contributed by atoms with Gasteiger partial charge in [0.25, 0.3) is 0 Å². The highest BCUT2D eigenvalue weighted by Gasteiger charge is 2.19. The maximum atomic E-state index is 5.71. The maximum absolute atomic E-state index is 5.71. The highest BCUT2D eigenvalue weighted by molar-refractivity contribution is 5.16. The molecule has 2 rings (SSSR count). The molecule has 0 atom stereocenters. The summed E-state index contributed by atoms with van der Waals surface area (Å²) >= 11 is 0. The van der Waals surface area contributed by atoms with E-state index in [2.05, 4.69) is 10.1 Å². The van der Waals surface area contributed by atoms with Crippen molar-refractivity contribution in [1.29, 1.82) is 0 Å². The average molecular weight is 166 g/mol. The van der Waals surface area contributed by atoms with Gasteiger partial charge in [-0.1, -0.05) is 12.8 Å². The van der Waals surface area contributed by atoms with Gasteiger partial charge in [0.05, 0.1) is 6.04 Å². The first-order valence-electron chi connectivity index (χ1n) is 4.46. The Morgan fingerprint density at radius 2 is 2.08 bits per heavy atom. The largest absolute Gasteiger partial charge is 0.368 e. The second-order valence-corrected chi connectivity index (χ2v) is 3.40. The molecule has 1 aliphatic carbocycles. The van der Waals surface area contributed by atoms with Gasteiger partial charge in [-0.15, -0.1) is 0 Å². The molecule has 4 nitrogen and oxygen atoms in total. The Hall–Kier alpha value is -1.06. The Labute approximate surface area is 71.8 Å². The number of nitrogens with two attached hydrogens (primary N) is 1. The third-order valence-corrected chi connectivity index (χ3v) is 2.43. The Bertz CT molecular complexity index is 273. The monoisotopic (exact) mass is 166 g/mol. The zero-order chi connectivity index (χ0) is 8.55. The summed E-state index contributed by atoms with van der Waals surface area (Å²) < 4.78 is 1.88. The van der Waals surface area contributed by atoms with Crippen LogP contribution in [0.3, 0.4) is 0 Å². The van der Waals surface area contributed by atoms with Crippen molar-refractivity contribution in [2.24, 2.45) is 0 Å². The van der Waals surface area contributed by atoms with E-state index in [0.717, 1.165) is 5.82 Å². The third kappa shape index (κ3) is 1.17. The van der Waals surface area contributed by atoms with Crippen LogP contribution in [-0.4, -0.2) is 14.8 Å². The quantitative estimate of drug-likeness (QED) is 0.683. The lowest BCUT2D eigenvalue weighted by molar-refractivity contribution is 0.471. The van der Waals surface area contributed by atoms with Crippen molar-refractivity contribution in [3.05, 3.63) is 5.82 Å². The van der Waals surface area contributed by atoms with Crippen LogP contribution in [0.5, 0.6) is 0 Å². The number of anilines is 1. The van der Waals surface area contributed by atoms with Gasteiger partial charge in [-0.2, -0.15) is 10.1 Å². The van der Waals surface area contributed by atoms with E-state index in [1.54, 1.807) is 0 Å². The fourth-order valence-corrected chi connectivity index (χ4v) is 1.86. The molecular weight excluding hydrogens is 152 g/mol. The van der Waals surface area contributed by atoms with E-state index in [1.807, 2.05) is 11.6 Å². The minimum Gasteiger partial charge on any atom is -0.368 e. The molecule has 4 heteroatoms. The smallest absolute Gasteiger partial charge is 0.218 e. The van der Waals surface area contributed by atoms with Gasteiger partial charge >= 0.3 is 0 Å². The number of hydrogen-bond donors (Lipinski definition) is 1. The van der Waals surface area contributed by atoms with Crippen molar-refractivity contribution in [2.75, 3.05) is 5.73 Å². The number of rotatable bonds is 1. The predicted octanol–water partition coefficient (Wildman–Crippen LogP) is 1.28.